The highest BCUT2D eigenvalue weighted by atomic mass is 16.7. The molecule has 0 aromatic carbocycles. The van der Waals surface area contributed by atoms with Crippen LogP contribution in [0.15, 0.2) is 12.2 Å². The third-order valence-electron chi connectivity index (χ3n) is 2.76. The maximum atomic E-state index is 11.7. The van der Waals surface area contributed by atoms with Crippen LogP contribution in [0.1, 0.15) is 19.8 Å². The average molecular weight is 266 g/mol. The molecular weight excluding hydrogens is 256 g/mol. The molecule has 19 heavy (non-hydrogen) atoms. The van der Waals surface area contributed by atoms with Gasteiger partial charge in [-0.1, -0.05) is 0 Å². The molecule has 0 aromatic heterocycles. The highest BCUT2D eigenvalue weighted by Crippen LogP contribution is 2.15. The van der Waals surface area contributed by atoms with Crippen LogP contribution in [0.2, 0.25) is 0 Å². The quantitative estimate of drug-likeness (QED) is 0.601. The summed E-state index contributed by atoms with van der Waals surface area (Å²) in [5.74, 6) is -3.55. The summed E-state index contributed by atoms with van der Waals surface area (Å²) in [6.45, 7) is 1.27. The molecule has 2 aliphatic heterocycles. The second kappa shape index (κ2) is 4.63. The second-order valence-corrected chi connectivity index (χ2v) is 4.05. The zero-order valence-electron chi connectivity index (χ0n) is 9.99. The van der Waals surface area contributed by atoms with Gasteiger partial charge in [-0.3, -0.25) is 24.1 Å². The van der Waals surface area contributed by atoms with E-state index in [9.17, 15) is 24.0 Å². The Kier molecular flexibility index (Phi) is 3.16. The van der Waals surface area contributed by atoms with Crippen molar-refractivity contribution in [2.45, 2.75) is 25.8 Å². The number of carbonyl (C=O) groups is 5. The maximum Gasteiger partial charge on any atom is 0.355 e. The number of hydroxylamine groups is 2. The van der Waals surface area contributed by atoms with Crippen molar-refractivity contribution < 1.29 is 28.8 Å². The summed E-state index contributed by atoms with van der Waals surface area (Å²) in [5, 5.41) is 0.372. The van der Waals surface area contributed by atoms with Crippen LogP contribution in [0.5, 0.6) is 0 Å². The third-order valence-corrected chi connectivity index (χ3v) is 2.76. The van der Waals surface area contributed by atoms with Crippen LogP contribution in [-0.2, 0) is 28.8 Å². The first-order valence-electron chi connectivity index (χ1n) is 5.54. The molecule has 2 aliphatic rings. The number of rotatable bonds is 3. The van der Waals surface area contributed by atoms with Crippen molar-refractivity contribution in [2.75, 3.05) is 0 Å². The van der Waals surface area contributed by atoms with Crippen LogP contribution in [-0.4, -0.2) is 45.6 Å². The van der Waals surface area contributed by atoms with Crippen molar-refractivity contribution in [3.8, 4) is 0 Å². The molecule has 0 N–H and O–H groups in total. The predicted molar refractivity (Wildman–Crippen MR) is 57.6 cm³/mol. The van der Waals surface area contributed by atoms with Gasteiger partial charge in [-0.15, -0.1) is 5.06 Å². The lowest BCUT2D eigenvalue weighted by molar-refractivity contribution is -0.200. The molecule has 4 amide bonds. The van der Waals surface area contributed by atoms with Crippen molar-refractivity contribution in [3.63, 3.8) is 0 Å². The molecule has 0 aliphatic carbocycles. The van der Waals surface area contributed by atoms with Gasteiger partial charge in [-0.25, -0.2) is 4.79 Å². The molecule has 2 heterocycles. The lowest BCUT2D eigenvalue weighted by atomic mass is 10.3. The molecule has 100 valence electrons. The highest BCUT2D eigenvalue weighted by Gasteiger charge is 2.38. The first-order chi connectivity index (χ1) is 8.91. The zero-order chi connectivity index (χ0) is 14.2. The Hall–Kier alpha value is -2.51. The van der Waals surface area contributed by atoms with Gasteiger partial charge in [0.15, 0.2) is 0 Å². The predicted octanol–water partition coefficient (Wildman–Crippen LogP) is -1.09. The van der Waals surface area contributed by atoms with E-state index in [1.165, 1.54) is 6.92 Å². The van der Waals surface area contributed by atoms with Crippen molar-refractivity contribution in [3.05, 3.63) is 12.2 Å². The van der Waals surface area contributed by atoms with Crippen molar-refractivity contribution >= 4 is 29.6 Å². The smallest absolute Gasteiger partial charge is 0.328 e. The topological polar surface area (TPSA) is 101 Å². The van der Waals surface area contributed by atoms with Gasteiger partial charge >= 0.3 is 5.97 Å². The first-order valence-corrected chi connectivity index (χ1v) is 5.54. The van der Waals surface area contributed by atoms with E-state index in [4.69, 9.17) is 0 Å². The molecule has 1 atom stereocenters. The zero-order valence-corrected chi connectivity index (χ0v) is 9.99. The number of hydrogen-bond acceptors (Lipinski definition) is 6. The molecule has 8 nitrogen and oxygen atoms in total. The van der Waals surface area contributed by atoms with Gasteiger partial charge in [-0.2, -0.15) is 0 Å². The van der Waals surface area contributed by atoms with Gasteiger partial charge in [-0.05, 0) is 6.92 Å². The highest BCUT2D eigenvalue weighted by molar-refractivity contribution is 6.14. The number of carbonyl (C=O) groups excluding carboxylic acids is 5. The minimum atomic E-state index is -1.21. The van der Waals surface area contributed by atoms with Crippen LogP contribution < -0.4 is 0 Å². The van der Waals surface area contributed by atoms with Crippen molar-refractivity contribution in [1.82, 2.24) is 9.96 Å². The molecule has 0 unspecified atom stereocenters. The molecule has 0 spiro atoms. The fraction of sp³-hybridized carbons (Fsp3) is 0.364. The fourth-order valence-corrected chi connectivity index (χ4v) is 1.72. The summed E-state index contributed by atoms with van der Waals surface area (Å²) >= 11 is 0. The molecule has 1 fully saturated rings. The van der Waals surface area contributed by atoms with E-state index in [1.54, 1.807) is 0 Å². The van der Waals surface area contributed by atoms with Crippen molar-refractivity contribution in [2.24, 2.45) is 0 Å². The SMILES string of the molecule is C[C@@H](C(=O)ON1C(=O)CCC1=O)N1C(=O)C=CC1=O. The first kappa shape index (κ1) is 12.9. The van der Waals surface area contributed by atoms with Crippen LogP contribution in [0.25, 0.3) is 0 Å². The van der Waals surface area contributed by atoms with Gasteiger partial charge in [0.1, 0.15) is 6.04 Å². The van der Waals surface area contributed by atoms with Gasteiger partial charge in [0.2, 0.25) is 0 Å². The van der Waals surface area contributed by atoms with Gasteiger partial charge in [0, 0.05) is 25.0 Å². The number of imide groups is 2. The largest absolute Gasteiger partial charge is 0.355 e. The van der Waals surface area contributed by atoms with E-state index in [2.05, 4.69) is 4.84 Å². The minimum absolute atomic E-state index is 0.0242. The second-order valence-electron chi connectivity index (χ2n) is 4.05. The molecule has 0 aromatic rings. The average Bonchev–Trinajstić information content (AvgIpc) is 2.85. The van der Waals surface area contributed by atoms with Gasteiger partial charge in [0.25, 0.3) is 23.6 Å². The fourth-order valence-electron chi connectivity index (χ4n) is 1.72. The van der Waals surface area contributed by atoms with Crippen molar-refractivity contribution in [1.29, 1.82) is 0 Å². The summed E-state index contributed by atoms with van der Waals surface area (Å²) < 4.78 is 0. The summed E-state index contributed by atoms with van der Waals surface area (Å²) in [6, 6.07) is -1.21. The van der Waals surface area contributed by atoms with Gasteiger partial charge in [0.05, 0.1) is 0 Å². The molecule has 8 heteroatoms. The van der Waals surface area contributed by atoms with Crippen LogP contribution >= 0.6 is 0 Å². The maximum absolute atomic E-state index is 11.7. The Labute approximate surface area is 107 Å². The van der Waals surface area contributed by atoms with E-state index in [-0.39, 0.29) is 12.8 Å². The normalized spacial score (nSPS) is 20.5. The van der Waals surface area contributed by atoms with E-state index < -0.39 is 35.6 Å². The lowest BCUT2D eigenvalue weighted by Crippen LogP contribution is -2.46. The Bertz CT molecular complexity index is 489. The monoisotopic (exact) mass is 266 g/mol. The van der Waals surface area contributed by atoms with E-state index >= 15 is 0 Å². The molecule has 0 bridgehead atoms. The van der Waals surface area contributed by atoms with Crippen LogP contribution in [0.4, 0.5) is 0 Å². The van der Waals surface area contributed by atoms with Crippen LogP contribution in [0.3, 0.4) is 0 Å². The molecule has 1 saturated heterocycles. The summed E-state index contributed by atoms with van der Waals surface area (Å²) in [6.07, 6.45) is 2.00. The van der Waals surface area contributed by atoms with E-state index in [1.807, 2.05) is 0 Å². The van der Waals surface area contributed by atoms with E-state index in [0.29, 0.717) is 9.96 Å². The Morgan fingerprint density at radius 2 is 1.58 bits per heavy atom. The number of nitrogens with zero attached hydrogens (tertiary/aromatic N) is 2. The minimum Gasteiger partial charge on any atom is -0.328 e. The Morgan fingerprint density at radius 1 is 1.11 bits per heavy atom. The standard InChI is InChI=1S/C11H10N2O6/c1-6(12-7(14)2-3-8(12)15)11(18)19-13-9(16)4-5-10(13)17/h2-3,6H,4-5H2,1H3/t6-/m0/s1. The Balaban J connectivity index is 2.04. The van der Waals surface area contributed by atoms with E-state index in [0.717, 1.165) is 12.2 Å². The molecule has 0 saturated carbocycles. The molecule has 2 rings (SSSR count). The van der Waals surface area contributed by atoms with Gasteiger partial charge < -0.3 is 4.84 Å². The summed E-state index contributed by atoms with van der Waals surface area (Å²) in [7, 11) is 0. The summed E-state index contributed by atoms with van der Waals surface area (Å²) in [5.41, 5.74) is 0. The molecular formula is C11H10N2O6. The summed E-state index contributed by atoms with van der Waals surface area (Å²) in [4.78, 5) is 62.3. The Morgan fingerprint density at radius 3 is 2.05 bits per heavy atom. The third kappa shape index (κ3) is 2.24. The molecule has 0 radical (unpaired) electrons. The lowest BCUT2D eigenvalue weighted by Gasteiger charge is -2.22. The van der Waals surface area contributed by atoms with Crippen LogP contribution in [0, 0.1) is 0 Å². The number of amides is 4. The number of hydrogen-bond donors (Lipinski definition) is 0.